The van der Waals surface area contributed by atoms with Crippen LogP contribution in [0.2, 0.25) is 0 Å². The van der Waals surface area contributed by atoms with Crippen LogP contribution in [0.15, 0.2) is 60.7 Å². The highest BCUT2D eigenvalue weighted by molar-refractivity contribution is 7.73. The van der Waals surface area contributed by atoms with Crippen molar-refractivity contribution in [1.82, 2.24) is 4.90 Å². The molecule has 21 heavy (non-hydrogen) atoms. The van der Waals surface area contributed by atoms with Gasteiger partial charge in [0.15, 0.2) is 0 Å². The Kier molecular flexibility index (Phi) is 4.73. The molecule has 1 aliphatic heterocycles. The summed E-state index contributed by atoms with van der Waals surface area (Å²) in [7, 11) is 2.04. The van der Waals surface area contributed by atoms with Crippen molar-refractivity contribution in [3.05, 3.63) is 60.7 Å². The second kappa shape index (κ2) is 6.73. The third-order valence-electron chi connectivity index (χ3n) is 4.57. The first kappa shape index (κ1) is 14.8. The predicted octanol–water partition coefficient (Wildman–Crippen LogP) is 3.60. The van der Waals surface area contributed by atoms with E-state index in [1.807, 2.05) is 0 Å². The Morgan fingerprint density at radius 2 is 1.48 bits per heavy atom. The van der Waals surface area contributed by atoms with E-state index in [0.29, 0.717) is 0 Å². The monoisotopic (exact) mass is 297 g/mol. The van der Waals surface area contributed by atoms with Crippen molar-refractivity contribution < 1.29 is 0 Å². The van der Waals surface area contributed by atoms with Gasteiger partial charge < -0.3 is 4.90 Å². The summed E-state index contributed by atoms with van der Waals surface area (Å²) >= 11 is 0. The lowest BCUT2D eigenvalue weighted by atomic mass is 10.2. The van der Waals surface area contributed by atoms with Gasteiger partial charge in [-0.2, -0.15) is 0 Å². The molecule has 0 aliphatic carbocycles. The summed E-state index contributed by atoms with van der Waals surface area (Å²) in [6.45, 7) is 3.55. The van der Waals surface area contributed by atoms with Gasteiger partial charge >= 0.3 is 0 Å². The van der Waals surface area contributed by atoms with E-state index in [0.717, 1.165) is 11.7 Å². The van der Waals surface area contributed by atoms with Crippen LogP contribution in [0.4, 0.5) is 0 Å². The van der Waals surface area contributed by atoms with Gasteiger partial charge in [0.05, 0.1) is 0 Å². The first-order valence-corrected chi connectivity index (χ1v) is 9.30. The molecule has 1 fully saturated rings. The van der Waals surface area contributed by atoms with Crippen molar-refractivity contribution in [3.63, 3.8) is 0 Å². The Morgan fingerprint density at radius 3 is 1.90 bits per heavy atom. The van der Waals surface area contributed by atoms with Crippen LogP contribution in [0.25, 0.3) is 0 Å². The molecule has 1 aliphatic rings. The Labute approximate surface area is 129 Å². The fourth-order valence-electron chi connectivity index (χ4n) is 3.46. The Morgan fingerprint density at radius 1 is 0.952 bits per heavy atom. The summed E-state index contributed by atoms with van der Waals surface area (Å²) in [6.07, 6.45) is 2.60. The highest BCUT2D eigenvalue weighted by Crippen LogP contribution is 2.45. The van der Waals surface area contributed by atoms with E-state index >= 15 is 0 Å². The van der Waals surface area contributed by atoms with E-state index in [2.05, 4.69) is 79.5 Å². The maximum absolute atomic E-state index is 2.56. The summed E-state index contributed by atoms with van der Waals surface area (Å²) in [5, 5.41) is 3.04. The molecule has 1 heterocycles. The minimum absolute atomic E-state index is 0.253. The first-order chi connectivity index (χ1) is 10.3. The zero-order valence-electron chi connectivity index (χ0n) is 12.9. The van der Waals surface area contributed by atoms with Crippen molar-refractivity contribution in [3.8, 4) is 0 Å². The zero-order chi connectivity index (χ0) is 14.7. The van der Waals surface area contributed by atoms with Crippen LogP contribution in [0.3, 0.4) is 0 Å². The number of nitrogens with zero attached hydrogens (tertiary/aromatic N) is 1. The van der Waals surface area contributed by atoms with Crippen LogP contribution >= 0.6 is 7.92 Å². The van der Waals surface area contributed by atoms with Gasteiger partial charge in [-0.15, -0.1) is 0 Å². The van der Waals surface area contributed by atoms with Gasteiger partial charge in [-0.05, 0) is 38.4 Å². The fourth-order valence-corrected chi connectivity index (χ4v) is 6.47. The number of hydrogen-bond donors (Lipinski definition) is 0. The minimum atomic E-state index is -0.253. The van der Waals surface area contributed by atoms with E-state index in [-0.39, 0.29) is 7.92 Å². The summed E-state index contributed by atoms with van der Waals surface area (Å²) in [5.41, 5.74) is 0.778. The Balaban J connectivity index is 1.94. The number of likely N-dealkylation sites (tertiary alicyclic amines) is 1. The van der Waals surface area contributed by atoms with E-state index < -0.39 is 0 Å². The molecule has 1 saturated heterocycles. The number of hydrogen-bond acceptors (Lipinski definition) is 1. The topological polar surface area (TPSA) is 3.24 Å². The minimum Gasteiger partial charge on any atom is -0.303 e. The van der Waals surface area contributed by atoms with E-state index in [1.165, 1.54) is 30.0 Å². The van der Waals surface area contributed by atoms with Gasteiger partial charge in [0, 0.05) is 18.2 Å². The normalized spacial score (nSPS) is 22.8. The molecule has 0 aromatic heterocycles. The molecule has 0 N–H and O–H groups in total. The van der Waals surface area contributed by atoms with Crippen LogP contribution in [0, 0.1) is 0 Å². The predicted molar refractivity (Wildman–Crippen MR) is 94.2 cm³/mol. The molecule has 0 radical (unpaired) electrons. The highest BCUT2D eigenvalue weighted by Gasteiger charge is 2.34. The fraction of sp³-hybridized carbons (Fsp3) is 0.368. The molecule has 2 aromatic carbocycles. The molecule has 2 heteroatoms. The van der Waals surface area contributed by atoms with Gasteiger partial charge in [0.1, 0.15) is 0 Å². The summed E-state index contributed by atoms with van der Waals surface area (Å²) in [6, 6.07) is 23.0. The molecular weight excluding hydrogens is 273 g/mol. The summed E-state index contributed by atoms with van der Waals surface area (Å²) in [5.74, 6) is 0. The van der Waals surface area contributed by atoms with Crippen molar-refractivity contribution >= 4 is 18.5 Å². The smallest absolute Gasteiger partial charge is 0.00965 e. The van der Waals surface area contributed by atoms with Gasteiger partial charge in [-0.1, -0.05) is 67.6 Å². The van der Waals surface area contributed by atoms with Crippen molar-refractivity contribution in [2.45, 2.75) is 31.5 Å². The second-order valence-electron chi connectivity index (χ2n) is 5.93. The molecule has 110 valence electrons. The summed E-state index contributed by atoms with van der Waals surface area (Å²) in [4.78, 5) is 2.56. The highest BCUT2D eigenvalue weighted by atomic mass is 31.1. The van der Waals surface area contributed by atoms with Crippen molar-refractivity contribution in [2.24, 2.45) is 0 Å². The van der Waals surface area contributed by atoms with Crippen LogP contribution in [0.5, 0.6) is 0 Å². The molecule has 2 unspecified atom stereocenters. The molecule has 2 aromatic rings. The molecule has 3 rings (SSSR count). The maximum atomic E-state index is 2.56. The molecule has 2 atom stereocenters. The third kappa shape index (κ3) is 3.20. The molecule has 0 spiro atoms. The third-order valence-corrected chi connectivity index (χ3v) is 7.38. The lowest BCUT2D eigenvalue weighted by Gasteiger charge is -2.25. The lowest BCUT2D eigenvalue weighted by molar-refractivity contribution is 0.304. The van der Waals surface area contributed by atoms with Crippen LogP contribution < -0.4 is 10.6 Å². The average Bonchev–Trinajstić information content (AvgIpc) is 2.90. The number of rotatable bonds is 4. The lowest BCUT2D eigenvalue weighted by Crippen LogP contribution is -2.25. The first-order valence-electron chi connectivity index (χ1n) is 7.89. The summed E-state index contributed by atoms with van der Waals surface area (Å²) < 4.78 is 0. The van der Waals surface area contributed by atoms with Crippen molar-refractivity contribution in [1.29, 1.82) is 0 Å². The quantitative estimate of drug-likeness (QED) is 0.779. The standard InChI is InChI=1S/C19H24NP/c1-3-16-14-19(15-20(16)2)21(17-10-6-4-7-11-17)18-12-8-5-9-13-18/h4-13,16,19H,3,14-15H2,1-2H3. The molecule has 0 saturated carbocycles. The molecular formula is C19H24NP. The second-order valence-corrected chi connectivity index (χ2v) is 8.44. The number of benzene rings is 2. The maximum Gasteiger partial charge on any atom is 0.00965 e. The Hall–Kier alpha value is -1.17. The SMILES string of the molecule is CCC1CC(P(c2ccccc2)c2ccccc2)CN1C. The molecule has 0 amide bonds. The van der Waals surface area contributed by atoms with Gasteiger partial charge in [0.2, 0.25) is 0 Å². The molecule has 1 nitrogen and oxygen atoms in total. The van der Waals surface area contributed by atoms with E-state index in [9.17, 15) is 0 Å². The van der Waals surface area contributed by atoms with Gasteiger partial charge in [-0.3, -0.25) is 0 Å². The van der Waals surface area contributed by atoms with Crippen LogP contribution in [-0.2, 0) is 0 Å². The van der Waals surface area contributed by atoms with E-state index in [4.69, 9.17) is 0 Å². The van der Waals surface area contributed by atoms with Crippen molar-refractivity contribution in [2.75, 3.05) is 13.6 Å². The largest absolute Gasteiger partial charge is 0.303 e. The van der Waals surface area contributed by atoms with E-state index in [1.54, 1.807) is 0 Å². The van der Waals surface area contributed by atoms with Gasteiger partial charge in [-0.25, -0.2) is 0 Å². The average molecular weight is 297 g/mol. The van der Waals surface area contributed by atoms with Gasteiger partial charge in [0.25, 0.3) is 0 Å². The zero-order valence-corrected chi connectivity index (χ0v) is 13.8. The Bertz CT molecular complexity index is 515. The molecule has 0 bridgehead atoms. The van der Waals surface area contributed by atoms with Crippen LogP contribution in [0.1, 0.15) is 19.8 Å². The van der Waals surface area contributed by atoms with Crippen LogP contribution in [-0.4, -0.2) is 30.2 Å².